The monoisotopic (exact) mass is 382 g/mol. The molecule has 5 rings (SSSR count). The van der Waals surface area contributed by atoms with Gasteiger partial charge in [-0.1, -0.05) is 17.7 Å². The second kappa shape index (κ2) is 6.69. The van der Waals surface area contributed by atoms with Gasteiger partial charge < -0.3 is 20.9 Å². The van der Waals surface area contributed by atoms with Gasteiger partial charge in [-0.3, -0.25) is 9.97 Å². The average Bonchev–Trinajstić information content (AvgIpc) is 3.47. The van der Waals surface area contributed by atoms with Gasteiger partial charge in [0, 0.05) is 44.8 Å². The highest BCUT2D eigenvalue weighted by atomic mass is 35.5. The molecule has 1 spiro atoms. The summed E-state index contributed by atoms with van der Waals surface area (Å²) in [5, 5.41) is 11.3. The fourth-order valence-electron chi connectivity index (χ4n) is 4.07. The fourth-order valence-corrected chi connectivity index (χ4v) is 4.35. The SMILES string of the molecule is ClC1=C(N2CCNCC23CC3)C(NCc2ccc3nccnc3c2)=CNC1. The highest BCUT2D eigenvalue weighted by molar-refractivity contribution is 6.30. The maximum atomic E-state index is 6.68. The molecule has 0 radical (unpaired) electrons. The van der Waals surface area contributed by atoms with E-state index in [0.29, 0.717) is 13.1 Å². The average molecular weight is 383 g/mol. The number of hydrogen-bond acceptors (Lipinski definition) is 6. The Morgan fingerprint density at radius 1 is 1.19 bits per heavy atom. The van der Waals surface area contributed by atoms with Crippen LogP contribution in [0.5, 0.6) is 0 Å². The molecular weight excluding hydrogens is 360 g/mol. The molecule has 0 bridgehead atoms. The van der Waals surface area contributed by atoms with Gasteiger partial charge in [0.05, 0.1) is 39.5 Å². The van der Waals surface area contributed by atoms with E-state index in [0.717, 1.165) is 47.1 Å². The highest BCUT2D eigenvalue weighted by Gasteiger charge is 2.50. The van der Waals surface area contributed by atoms with Gasteiger partial charge in [-0.15, -0.1) is 0 Å². The summed E-state index contributed by atoms with van der Waals surface area (Å²) in [6, 6.07) is 6.20. The summed E-state index contributed by atoms with van der Waals surface area (Å²) < 4.78 is 0. The van der Waals surface area contributed by atoms with Crippen molar-refractivity contribution >= 4 is 22.6 Å². The third kappa shape index (κ3) is 3.13. The Bertz CT molecular complexity index is 933. The summed E-state index contributed by atoms with van der Waals surface area (Å²) in [7, 11) is 0. The number of fused-ring (bicyclic) bond motifs is 1. The molecule has 6 nitrogen and oxygen atoms in total. The molecule has 3 N–H and O–H groups in total. The zero-order chi connectivity index (χ0) is 18.3. The number of nitrogens with zero attached hydrogens (tertiary/aromatic N) is 3. The number of aromatic nitrogens is 2. The van der Waals surface area contributed by atoms with Gasteiger partial charge in [0.1, 0.15) is 0 Å². The molecule has 1 saturated carbocycles. The molecular formula is C20H23ClN6. The lowest BCUT2D eigenvalue weighted by atomic mass is 10.1. The van der Waals surface area contributed by atoms with Crippen LogP contribution < -0.4 is 16.0 Å². The number of benzene rings is 1. The molecule has 7 heteroatoms. The standard InChI is InChI=1S/C20H23ClN6/c21-15-11-23-12-18(19(15)27-8-7-22-13-20(27)3-4-20)26-10-14-1-2-16-17(9-14)25-6-5-24-16/h1-2,5-6,9,12,22-23,26H,3-4,7-8,10-11,13H2. The lowest BCUT2D eigenvalue weighted by Gasteiger charge is -2.42. The maximum absolute atomic E-state index is 6.68. The van der Waals surface area contributed by atoms with Gasteiger partial charge >= 0.3 is 0 Å². The second-order valence-electron chi connectivity index (χ2n) is 7.48. The van der Waals surface area contributed by atoms with Gasteiger partial charge in [0.2, 0.25) is 0 Å². The van der Waals surface area contributed by atoms with Crippen LogP contribution in [0.1, 0.15) is 18.4 Å². The van der Waals surface area contributed by atoms with Gasteiger partial charge in [0.15, 0.2) is 0 Å². The van der Waals surface area contributed by atoms with Gasteiger partial charge in [0.25, 0.3) is 0 Å². The van der Waals surface area contributed by atoms with Crippen molar-refractivity contribution < 1.29 is 0 Å². The van der Waals surface area contributed by atoms with Crippen LogP contribution in [0.4, 0.5) is 0 Å². The lowest BCUT2D eigenvalue weighted by Crippen LogP contribution is -2.54. The van der Waals surface area contributed by atoms with Crippen LogP contribution in [0.2, 0.25) is 0 Å². The minimum absolute atomic E-state index is 0.254. The molecule has 1 aromatic heterocycles. The zero-order valence-electron chi connectivity index (χ0n) is 15.1. The predicted octanol–water partition coefficient (Wildman–Crippen LogP) is 2.05. The summed E-state index contributed by atoms with van der Waals surface area (Å²) in [6.07, 6.45) is 7.97. The van der Waals surface area contributed by atoms with E-state index < -0.39 is 0 Å². The van der Waals surface area contributed by atoms with Crippen LogP contribution in [0.3, 0.4) is 0 Å². The Morgan fingerprint density at radius 2 is 2.04 bits per heavy atom. The van der Waals surface area contributed by atoms with E-state index in [1.165, 1.54) is 18.4 Å². The molecule has 1 saturated heterocycles. The van der Waals surface area contributed by atoms with Crippen molar-refractivity contribution in [1.29, 1.82) is 0 Å². The van der Waals surface area contributed by atoms with Crippen molar-refractivity contribution in [3.05, 3.63) is 58.8 Å². The molecule has 27 heavy (non-hydrogen) atoms. The summed E-state index contributed by atoms with van der Waals surface area (Å²) >= 11 is 6.68. The Hall–Kier alpha value is -2.31. The number of hydrogen-bond donors (Lipinski definition) is 3. The molecule has 1 aliphatic carbocycles. The number of halogens is 1. The third-order valence-corrected chi connectivity index (χ3v) is 5.98. The summed E-state index contributed by atoms with van der Waals surface area (Å²) in [5.74, 6) is 0. The highest BCUT2D eigenvalue weighted by Crippen LogP contribution is 2.46. The first-order valence-corrected chi connectivity index (χ1v) is 9.87. The molecule has 2 aromatic rings. The Kier molecular flexibility index (Phi) is 4.17. The van der Waals surface area contributed by atoms with Crippen molar-refractivity contribution in [3.8, 4) is 0 Å². The van der Waals surface area contributed by atoms with E-state index in [1.54, 1.807) is 12.4 Å². The quantitative estimate of drug-likeness (QED) is 0.752. The first-order valence-electron chi connectivity index (χ1n) is 9.50. The maximum Gasteiger partial charge on any atom is 0.0890 e. The van der Waals surface area contributed by atoms with Crippen molar-refractivity contribution in [3.63, 3.8) is 0 Å². The van der Waals surface area contributed by atoms with E-state index in [4.69, 9.17) is 11.6 Å². The first kappa shape index (κ1) is 16.8. The van der Waals surface area contributed by atoms with Crippen LogP contribution in [-0.4, -0.2) is 46.6 Å². The molecule has 3 heterocycles. The number of piperazine rings is 1. The molecule has 0 unspecified atom stereocenters. The Labute approximate surface area is 163 Å². The fraction of sp³-hybridized carbons (Fsp3) is 0.400. The van der Waals surface area contributed by atoms with E-state index in [9.17, 15) is 0 Å². The molecule has 140 valence electrons. The molecule has 1 aromatic carbocycles. The van der Waals surface area contributed by atoms with Gasteiger partial charge in [-0.25, -0.2) is 0 Å². The van der Waals surface area contributed by atoms with Crippen molar-refractivity contribution in [2.45, 2.75) is 24.9 Å². The largest absolute Gasteiger partial charge is 0.384 e. The Morgan fingerprint density at radius 3 is 2.89 bits per heavy atom. The van der Waals surface area contributed by atoms with Gasteiger partial charge in [-0.05, 0) is 30.5 Å². The topological polar surface area (TPSA) is 65.1 Å². The zero-order valence-corrected chi connectivity index (χ0v) is 15.9. The second-order valence-corrected chi connectivity index (χ2v) is 7.93. The van der Waals surface area contributed by atoms with Crippen molar-refractivity contribution in [2.24, 2.45) is 0 Å². The number of rotatable bonds is 4. The van der Waals surface area contributed by atoms with Crippen molar-refractivity contribution in [2.75, 3.05) is 26.2 Å². The minimum atomic E-state index is 0.254. The smallest absolute Gasteiger partial charge is 0.0890 e. The molecule has 0 amide bonds. The summed E-state index contributed by atoms with van der Waals surface area (Å²) in [5.41, 5.74) is 5.49. The number of dihydropyridines is 1. The van der Waals surface area contributed by atoms with E-state index in [1.807, 2.05) is 6.07 Å². The predicted molar refractivity (Wildman–Crippen MR) is 107 cm³/mol. The van der Waals surface area contributed by atoms with E-state index in [2.05, 4.69) is 49.2 Å². The van der Waals surface area contributed by atoms with Crippen LogP contribution >= 0.6 is 11.6 Å². The minimum Gasteiger partial charge on any atom is -0.384 e. The first-order chi connectivity index (χ1) is 13.3. The lowest BCUT2D eigenvalue weighted by molar-refractivity contribution is 0.189. The third-order valence-electron chi connectivity index (χ3n) is 5.67. The Balaban J connectivity index is 1.37. The van der Waals surface area contributed by atoms with Gasteiger partial charge in [-0.2, -0.15) is 0 Å². The molecule has 2 aliphatic heterocycles. The summed E-state index contributed by atoms with van der Waals surface area (Å²) in [4.78, 5) is 11.3. The summed E-state index contributed by atoms with van der Waals surface area (Å²) in [6.45, 7) is 4.45. The normalized spacial score (nSPS) is 21.2. The van der Waals surface area contributed by atoms with Crippen LogP contribution in [0, 0.1) is 0 Å². The van der Waals surface area contributed by atoms with Crippen LogP contribution in [0.25, 0.3) is 11.0 Å². The van der Waals surface area contributed by atoms with E-state index >= 15 is 0 Å². The van der Waals surface area contributed by atoms with Crippen LogP contribution in [0.15, 0.2) is 53.2 Å². The van der Waals surface area contributed by atoms with Crippen LogP contribution in [-0.2, 0) is 6.54 Å². The molecule has 0 atom stereocenters. The molecule has 2 fully saturated rings. The number of nitrogens with one attached hydrogen (secondary N) is 3. The molecule has 3 aliphatic rings. The van der Waals surface area contributed by atoms with Crippen molar-refractivity contribution in [1.82, 2.24) is 30.8 Å². The van der Waals surface area contributed by atoms with E-state index in [-0.39, 0.29) is 5.54 Å².